The molecule has 0 unspecified atom stereocenters. The summed E-state index contributed by atoms with van der Waals surface area (Å²) in [5, 5.41) is 10.1. The van der Waals surface area contributed by atoms with E-state index in [4.69, 9.17) is 5.26 Å². The van der Waals surface area contributed by atoms with Gasteiger partial charge < -0.3 is 0 Å². The summed E-state index contributed by atoms with van der Waals surface area (Å²) in [5.74, 6) is -6.33. The lowest BCUT2D eigenvalue weighted by Gasteiger charge is -2.11. The number of hydrogen-bond donors (Lipinski definition) is 1. The van der Waals surface area contributed by atoms with Gasteiger partial charge in [0.15, 0.2) is 23.0 Å². The molecule has 108 valence electrons. The lowest BCUT2D eigenvalue weighted by molar-refractivity contribution is -0.142. The van der Waals surface area contributed by atoms with Gasteiger partial charge in [0.05, 0.1) is 0 Å². The van der Waals surface area contributed by atoms with Crippen molar-refractivity contribution in [3.8, 4) is 6.19 Å². The van der Waals surface area contributed by atoms with Crippen molar-refractivity contribution in [3.63, 3.8) is 0 Å². The highest BCUT2D eigenvalue weighted by molar-refractivity contribution is 8.13. The van der Waals surface area contributed by atoms with Crippen molar-refractivity contribution in [2.75, 3.05) is 6.26 Å². The van der Waals surface area contributed by atoms with Crippen molar-refractivity contribution in [1.29, 1.82) is 5.26 Å². The van der Waals surface area contributed by atoms with Crippen LogP contribution >= 0.6 is 11.8 Å². The third-order valence-electron chi connectivity index (χ3n) is 2.00. The molecular weight excluding hydrogens is 308 g/mol. The van der Waals surface area contributed by atoms with Crippen LogP contribution in [-0.2, 0) is 6.18 Å². The number of amidine groups is 1. The van der Waals surface area contributed by atoms with Gasteiger partial charge in [-0.25, -0.2) is 18.2 Å². The molecule has 1 aromatic rings. The van der Waals surface area contributed by atoms with E-state index in [1.54, 1.807) is 0 Å². The summed E-state index contributed by atoms with van der Waals surface area (Å²) in [7, 11) is 0. The normalized spacial score (nSPS) is 12.2. The molecule has 0 aliphatic rings. The number of alkyl halides is 3. The Hall–Kier alpha value is -1.89. The van der Waals surface area contributed by atoms with E-state index < -0.39 is 34.9 Å². The van der Waals surface area contributed by atoms with E-state index in [0.717, 1.165) is 11.8 Å². The highest BCUT2D eigenvalue weighted by Gasteiger charge is 2.40. The number of rotatable bonds is 1. The summed E-state index contributed by atoms with van der Waals surface area (Å²) in [6.45, 7) is 0. The minimum atomic E-state index is -5.37. The summed E-state index contributed by atoms with van der Waals surface area (Å²) < 4.78 is 76.9. The minimum absolute atomic E-state index is 0.108. The number of nitrogens with zero attached hydrogens (tertiary/aromatic N) is 2. The molecule has 10 heteroatoms. The second-order valence-electron chi connectivity index (χ2n) is 3.24. The van der Waals surface area contributed by atoms with Crippen molar-refractivity contribution in [1.82, 2.24) is 5.32 Å². The largest absolute Gasteiger partial charge is 0.422 e. The van der Waals surface area contributed by atoms with Crippen molar-refractivity contribution in [2.24, 2.45) is 4.99 Å². The van der Waals surface area contributed by atoms with E-state index in [-0.39, 0.29) is 11.2 Å². The maximum Gasteiger partial charge on any atom is 0.422 e. The molecule has 0 aliphatic heterocycles. The predicted octanol–water partition coefficient (Wildman–Crippen LogP) is 3.54. The molecule has 0 aliphatic carbocycles. The number of nitriles is 1. The fraction of sp³-hybridized carbons (Fsp3) is 0.200. The highest BCUT2D eigenvalue weighted by atomic mass is 32.2. The molecule has 1 N–H and O–H groups in total. The zero-order valence-corrected chi connectivity index (χ0v) is 10.5. The average Bonchev–Trinajstić information content (AvgIpc) is 2.33. The van der Waals surface area contributed by atoms with Crippen molar-refractivity contribution < 1.29 is 26.3 Å². The quantitative estimate of drug-likeness (QED) is 0.215. The lowest BCUT2D eigenvalue weighted by Crippen LogP contribution is -2.14. The number of halogens is 6. The van der Waals surface area contributed by atoms with E-state index in [0.29, 0.717) is 0 Å². The first-order valence-electron chi connectivity index (χ1n) is 4.74. The minimum Gasteiger partial charge on any atom is -0.271 e. The maximum absolute atomic E-state index is 13.4. The summed E-state index contributed by atoms with van der Waals surface area (Å²) in [4.78, 5) is 3.33. The van der Waals surface area contributed by atoms with Crippen LogP contribution in [0.2, 0.25) is 0 Å². The van der Waals surface area contributed by atoms with Gasteiger partial charge >= 0.3 is 6.18 Å². The van der Waals surface area contributed by atoms with Gasteiger partial charge in [-0.15, -0.1) is 0 Å². The standard InChI is InChI=1S/C10H5F6N3S/c1-20-9(18-3-17)19-5-2-4(11)6(10(14,15)16)8(13)7(5)12/h2H,1H3,(H,18,19). The Morgan fingerprint density at radius 1 is 1.30 bits per heavy atom. The second kappa shape index (κ2) is 6.04. The average molecular weight is 313 g/mol. The SMILES string of the molecule is CSC(=Nc1cc(F)c(C(F)(F)F)c(F)c1F)NC#N. The molecule has 0 fully saturated rings. The predicted molar refractivity (Wildman–Crippen MR) is 60.7 cm³/mol. The fourth-order valence-electron chi connectivity index (χ4n) is 1.21. The van der Waals surface area contributed by atoms with Crippen LogP contribution in [0.4, 0.5) is 32.0 Å². The van der Waals surface area contributed by atoms with Gasteiger partial charge in [-0.3, -0.25) is 5.32 Å². The molecule has 0 amide bonds. The zero-order valence-electron chi connectivity index (χ0n) is 9.65. The fourth-order valence-corrected chi connectivity index (χ4v) is 1.54. The summed E-state index contributed by atoms with van der Waals surface area (Å²) in [6.07, 6.45) is -2.52. The molecule has 0 bridgehead atoms. The van der Waals surface area contributed by atoms with Crippen LogP contribution in [0, 0.1) is 28.9 Å². The van der Waals surface area contributed by atoms with Gasteiger partial charge in [0, 0.05) is 6.07 Å². The maximum atomic E-state index is 13.4. The zero-order chi connectivity index (χ0) is 15.5. The van der Waals surface area contributed by atoms with Crippen molar-refractivity contribution in [3.05, 3.63) is 29.1 Å². The van der Waals surface area contributed by atoms with Crippen LogP contribution in [0.3, 0.4) is 0 Å². The molecule has 1 aromatic carbocycles. The molecule has 0 spiro atoms. The number of thioether (sulfide) groups is 1. The van der Waals surface area contributed by atoms with Crippen LogP contribution in [0.1, 0.15) is 5.56 Å². The summed E-state index contributed by atoms with van der Waals surface area (Å²) >= 11 is 0.802. The molecule has 1 rings (SSSR count). The van der Waals surface area contributed by atoms with Crippen molar-refractivity contribution in [2.45, 2.75) is 6.18 Å². The molecule has 20 heavy (non-hydrogen) atoms. The van der Waals surface area contributed by atoms with Gasteiger partial charge in [0.2, 0.25) is 0 Å². The number of aliphatic imine (C=N–C) groups is 1. The van der Waals surface area contributed by atoms with E-state index >= 15 is 0 Å². The molecule has 0 atom stereocenters. The van der Waals surface area contributed by atoms with Gasteiger partial charge in [-0.1, -0.05) is 11.8 Å². The third kappa shape index (κ3) is 3.36. The van der Waals surface area contributed by atoms with Gasteiger partial charge in [-0.2, -0.15) is 18.4 Å². The van der Waals surface area contributed by atoms with E-state index in [1.807, 2.05) is 5.32 Å². The number of benzene rings is 1. The first-order chi connectivity index (χ1) is 9.22. The molecule has 0 saturated carbocycles. The molecule has 0 heterocycles. The van der Waals surface area contributed by atoms with E-state index in [1.165, 1.54) is 12.4 Å². The molecule has 0 radical (unpaired) electrons. The van der Waals surface area contributed by atoms with E-state index in [9.17, 15) is 26.3 Å². The van der Waals surface area contributed by atoms with Crippen LogP contribution < -0.4 is 5.32 Å². The molecule has 0 aromatic heterocycles. The lowest BCUT2D eigenvalue weighted by atomic mass is 10.1. The van der Waals surface area contributed by atoms with Crippen LogP contribution in [0.25, 0.3) is 0 Å². The Kier molecular flexibility index (Phi) is 4.88. The Labute approximate surface area is 113 Å². The van der Waals surface area contributed by atoms with Gasteiger partial charge in [0.25, 0.3) is 0 Å². The van der Waals surface area contributed by atoms with Gasteiger partial charge in [0.1, 0.15) is 17.1 Å². The Bertz CT molecular complexity index is 590. The Balaban J connectivity index is 3.45. The smallest absolute Gasteiger partial charge is 0.271 e. The van der Waals surface area contributed by atoms with Gasteiger partial charge in [-0.05, 0) is 6.26 Å². The first-order valence-corrected chi connectivity index (χ1v) is 5.97. The second-order valence-corrected chi connectivity index (χ2v) is 4.03. The number of nitrogens with one attached hydrogen (secondary N) is 1. The molecule has 3 nitrogen and oxygen atoms in total. The summed E-state index contributed by atoms with van der Waals surface area (Å²) in [6, 6.07) is 0.108. The molecular formula is C10H5F6N3S. The molecule has 0 saturated heterocycles. The first kappa shape index (κ1) is 16.2. The number of hydrogen-bond acceptors (Lipinski definition) is 3. The summed E-state index contributed by atoms with van der Waals surface area (Å²) in [5.41, 5.74) is -3.31. The monoisotopic (exact) mass is 313 g/mol. The Morgan fingerprint density at radius 3 is 2.35 bits per heavy atom. The Morgan fingerprint density at radius 2 is 1.90 bits per heavy atom. The third-order valence-corrected chi connectivity index (χ3v) is 2.58. The van der Waals surface area contributed by atoms with E-state index in [2.05, 4.69) is 4.99 Å². The van der Waals surface area contributed by atoms with Crippen LogP contribution in [0.5, 0.6) is 0 Å². The van der Waals surface area contributed by atoms with Crippen molar-refractivity contribution >= 4 is 22.6 Å². The van der Waals surface area contributed by atoms with Crippen LogP contribution in [0.15, 0.2) is 11.1 Å². The highest BCUT2D eigenvalue weighted by Crippen LogP contribution is 2.37. The van der Waals surface area contributed by atoms with Crippen LogP contribution in [-0.4, -0.2) is 11.4 Å². The topological polar surface area (TPSA) is 48.2 Å².